The first kappa shape index (κ1) is 16.3. The van der Waals surface area contributed by atoms with Gasteiger partial charge < -0.3 is 4.74 Å². The number of hydrogen-bond acceptors (Lipinski definition) is 2. The first-order valence-corrected chi connectivity index (χ1v) is 7.88. The summed E-state index contributed by atoms with van der Waals surface area (Å²) < 4.78 is 5.89. The Morgan fingerprint density at radius 3 is 2.36 bits per heavy atom. The molecule has 0 bridgehead atoms. The van der Waals surface area contributed by atoms with Crippen LogP contribution in [-0.2, 0) is 6.42 Å². The third-order valence-corrected chi connectivity index (χ3v) is 4.09. The molecule has 0 radical (unpaired) electrons. The highest BCUT2D eigenvalue weighted by molar-refractivity contribution is 5.94. The molecule has 0 spiro atoms. The number of benzene rings is 2. The molecule has 2 rings (SSSR count). The predicted molar refractivity (Wildman–Crippen MR) is 90.6 cm³/mol. The fraction of sp³-hybridized carbons (Fsp3) is 0.350. The van der Waals surface area contributed by atoms with Crippen LogP contribution in [-0.4, -0.2) is 12.4 Å². The van der Waals surface area contributed by atoms with Gasteiger partial charge in [0.15, 0.2) is 5.78 Å². The SMILES string of the molecule is CC[C@H](COc1ccc(C(C)=O)cc1)Cc1ccccc1C. The number of hydrogen-bond donors (Lipinski definition) is 0. The Morgan fingerprint density at radius 2 is 1.77 bits per heavy atom. The summed E-state index contributed by atoms with van der Waals surface area (Å²) in [6, 6.07) is 15.9. The van der Waals surface area contributed by atoms with Gasteiger partial charge in [-0.15, -0.1) is 0 Å². The van der Waals surface area contributed by atoms with Crippen LogP contribution < -0.4 is 4.74 Å². The average Bonchev–Trinajstić information content (AvgIpc) is 2.53. The molecule has 0 heterocycles. The normalized spacial score (nSPS) is 12.0. The van der Waals surface area contributed by atoms with Gasteiger partial charge in [-0.3, -0.25) is 4.79 Å². The predicted octanol–water partition coefficient (Wildman–Crippen LogP) is 4.85. The van der Waals surface area contributed by atoms with Crippen LogP contribution in [0.2, 0.25) is 0 Å². The van der Waals surface area contributed by atoms with E-state index in [1.165, 1.54) is 11.1 Å². The lowest BCUT2D eigenvalue weighted by Gasteiger charge is -2.17. The average molecular weight is 296 g/mol. The Balaban J connectivity index is 1.93. The molecule has 116 valence electrons. The zero-order valence-corrected chi connectivity index (χ0v) is 13.6. The highest BCUT2D eigenvalue weighted by atomic mass is 16.5. The molecule has 2 aromatic carbocycles. The summed E-state index contributed by atoms with van der Waals surface area (Å²) in [6.07, 6.45) is 2.12. The maximum Gasteiger partial charge on any atom is 0.159 e. The number of ketones is 1. The Bertz CT molecular complexity index is 614. The summed E-state index contributed by atoms with van der Waals surface area (Å²) in [5.74, 6) is 1.40. The minimum absolute atomic E-state index is 0.0811. The van der Waals surface area contributed by atoms with Gasteiger partial charge in [-0.2, -0.15) is 0 Å². The number of ether oxygens (including phenoxy) is 1. The molecule has 0 unspecified atom stereocenters. The fourth-order valence-corrected chi connectivity index (χ4v) is 2.47. The molecule has 0 aliphatic heterocycles. The van der Waals surface area contributed by atoms with Gasteiger partial charge in [0.1, 0.15) is 5.75 Å². The van der Waals surface area contributed by atoms with Crippen LogP contribution in [0.25, 0.3) is 0 Å². The van der Waals surface area contributed by atoms with Crippen LogP contribution >= 0.6 is 0 Å². The van der Waals surface area contributed by atoms with Crippen molar-refractivity contribution in [3.63, 3.8) is 0 Å². The highest BCUT2D eigenvalue weighted by Crippen LogP contribution is 2.18. The van der Waals surface area contributed by atoms with Gasteiger partial charge in [0, 0.05) is 5.56 Å². The third kappa shape index (κ3) is 4.45. The minimum atomic E-state index is 0.0811. The molecule has 0 N–H and O–H groups in total. The first-order chi connectivity index (χ1) is 10.6. The molecule has 22 heavy (non-hydrogen) atoms. The van der Waals surface area contributed by atoms with E-state index in [-0.39, 0.29) is 5.78 Å². The van der Waals surface area contributed by atoms with Crippen molar-refractivity contribution in [2.75, 3.05) is 6.61 Å². The van der Waals surface area contributed by atoms with E-state index in [1.807, 2.05) is 24.3 Å². The van der Waals surface area contributed by atoms with E-state index in [2.05, 4.69) is 38.1 Å². The Kier molecular flexibility index (Phi) is 5.76. The lowest BCUT2D eigenvalue weighted by molar-refractivity contribution is 0.101. The summed E-state index contributed by atoms with van der Waals surface area (Å²) >= 11 is 0. The lowest BCUT2D eigenvalue weighted by atomic mass is 9.95. The van der Waals surface area contributed by atoms with E-state index in [0.29, 0.717) is 12.5 Å². The number of Topliss-reactive ketones (excluding diaryl/α,β-unsaturated/α-hetero) is 1. The van der Waals surface area contributed by atoms with Crippen LogP contribution in [0.5, 0.6) is 5.75 Å². The monoisotopic (exact) mass is 296 g/mol. The van der Waals surface area contributed by atoms with Crippen molar-refractivity contribution in [2.24, 2.45) is 5.92 Å². The zero-order valence-electron chi connectivity index (χ0n) is 13.6. The van der Waals surface area contributed by atoms with E-state index in [0.717, 1.165) is 24.2 Å². The van der Waals surface area contributed by atoms with E-state index < -0.39 is 0 Å². The fourth-order valence-electron chi connectivity index (χ4n) is 2.47. The zero-order chi connectivity index (χ0) is 15.9. The molecule has 2 aromatic rings. The molecule has 0 aliphatic rings. The van der Waals surface area contributed by atoms with Crippen LogP contribution in [0.1, 0.15) is 41.8 Å². The van der Waals surface area contributed by atoms with Crippen molar-refractivity contribution in [2.45, 2.75) is 33.6 Å². The standard InChI is InChI=1S/C20H24O2/c1-4-17(13-19-8-6-5-7-15(19)2)14-22-20-11-9-18(10-12-20)16(3)21/h5-12,17H,4,13-14H2,1-3H3/t17-/m0/s1. The summed E-state index contributed by atoms with van der Waals surface area (Å²) in [5.41, 5.74) is 3.45. The molecule has 2 heteroatoms. The Morgan fingerprint density at radius 1 is 1.09 bits per heavy atom. The van der Waals surface area contributed by atoms with Gasteiger partial charge in [-0.25, -0.2) is 0 Å². The highest BCUT2D eigenvalue weighted by Gasteiger charge is 2.10. The van der Waals surface area contributed by atoms with Crippen LogP contribution in [0, 0.1) is 12.8 Å². The molecule has 1 atom stereocenters. The van der Waals surface area contributed by atoms with Crippen molar-refractivity contribution >= 4 is 5.78 Å². The molecule has 0 aliphatic carbocycles. The summed E-state index contributed by atoms with van der Waals surface area (Å²) in [4.78, 5) is 11.3. The molecule has 0 saturated carbocycles. The van der Waals surface area contributed by atoms with Crippen molar-refractivity contribution in [1.29, 1.82) is 0 Å². The van der Waals surface area contributed by atoms with Crippen molar-refractivity contribution < 1.29 is 9.53 Å². The number of aryl methyl sites for hydroxylation is 1. The second-order valence-electron chi connectivity index (χ2n) is 5.80. The molecule has 2 nitrogen and oxygen atoms in total. The van der Waals surface area contributed by atoms with Crippen molar-refractivity contribution in [3.05, 3.63) is 65.2 Å². The summed E-state index contributed by atoms with van der Waals surface area (Å²) in [5, 5.41) is 0. The van der Waals surface area contributed by atoms with Gasteiger partial charge in [-0.05, 0) is 68.0 Å². The second kappa shape index (κ2) is 7.79. The molecular formula is C20H24O2. The third-order valence-electron chi connectivity index (χ3n) is 4.09. The topological polar surface area (TPSA) is 26.3 Å². The van der Waals surface area contributed by atoms with Crippen LogP contribution in [0.15, 0.2) is 48.5 Å². The van der Waals surface area contributed by atoms with E-state index in [9.17, 15) is 4.79 Å². The first-order valence-electron chi connectivity index (χ1n) is 7.88. The largest absolute Gasteiger partial charge is 0.493 e. The van der Waals surface area contributed by atoms with E-state index in [4.69, 9.17) is 4.74 Å². The molecule has 0 saturated heterocycles. The maximum absolute atomic E-state index is 11.3. The molecular weight excluding hydrogens is 272 g/mol. The van der Waals surface area contributed by atoms with Gasteiger partial charge >= 0.3 is 0 Å². The van der Waals surface area contributed by atoms with Crippen LogP contribution in [0.3, 0.4) is 0 Å². The van der Waals surface area contributed by atoms with Gasteiger partial charge in [0.05, 0.1) is 6.61 Å². The number of carbonyl (C=O) groups excluding carboxylic acids is 1. The van der Waals surface area contributed by atoms with Crippen molar-refractivity contribution in [1.82, 2.24) is 0 Å². The van der Waals surface area contributed by atoms with Gasteiger partial charge in [0.2, 0.25) is 0 Å². The smallest absolute Gasteiger partial charge is 0.159 e. The van der Waals surface area contributed by atoms with E-state index >= 15 is 0 Å². The number of carbonyl (C=O) groups is 1. The van der Waals surface area contributed by atoms with Crippen LogP contribution in [0.4, 0.5) is 0 Å². The number of rotatable bonds is 7. The minimum Gasteiger partial charge on any atom is -0.493 e. The molecule has 0 amide bonds. The van der Waals surface area contributed by atoms with Gasteiger partial charge in [0.25, 0.3) is 0 Å². The van der Waals surface area contributed by atoms with Crippen molar-refractivity contribution in [3.8, 4) is 5.75 Å². The summed E-state index contributed by atoms with van der Waals surface area (Å²) in [7, 11) is 0. The maximum atomic E-state index is 11.3. The van der Waals surface area contributed by atoms with E-state index in [1.54, 1.807) is 6.92 Å². The molecule has 0 fully saturated rings. The quantitative estimate of drug-likeness (QED) is 0.683. The second-order valence-corrected chi connectivity index (χ2v) is 5.80. The Labute approximate surface area is 133 Å². The lowest BCUT2D eigenvalue weighted by Crippen LogP contribution is -2.14. The Hall–Kier alpha value is -2.09. The molecule has 0 aromatic heterocycles. The van der Waals surface area contributed by atoms with Gasteiger partial charge in [-0.1, -0.05) is 31.2 Å². The summed E-state index contributed by atoms with van der Waals surface area (Å²) in [6.45, 7) is 6.63.